The molecule has 0 bridgehead atoms. The standard InChI is InChI=1S/C16H16O4/c1-2-20-16(19)14(17)10-9-12-8-7-11-5-3-4-6-13(11)15(12)18/h3-6,9-10,17H,2,7-8H2,1H3/b12-9+,14-10-. The van der Waals surface area contributed by atoms with Crippen LogP contribution >= 0.6 is 0 Å². The van der Waals surface area contributed by atoms with Crippen LogP contribution < -0.4 is 0 Å². The quantitative estimate of drug-likeness (QED) is 0.522. The van der Waals surface area contributed by atoms with Crippen molar-refractivity contribution in [3.05, 3.63) is 58.9 Å². The Morgan fingerprint density at radius 3 is 2.85 bits per heavy atom. The second kappa shape index (κ2) is 6.19. The van der Waals surface area contributed by atoms with Gasteiger partial charge in [0.15, 0.2) is 5.78 Å². The first kappa shape index (κ1) is 14.1. The van der Waals surface area contributed by atoms with Gasteiger partial charge in [0.2, 0.25) is 5.76 Å². The van der Waals surface area contributed by atoms with Crippen LogP contribution in [0.5, 0.6) is 0 Å². The van der Waals surface area contributed by atoms with E-state index in [4.69, 9.17) is 0 Å². The molecule has 0 amide bonds. The summed E-state index contributed by atoms with van der Waals surface area (Å²) in [5.41, 5.74) is 2.31. The molecule has 104 valence electrons. The zero-order chi connectivity index (χ0) is 14.5. The normalized spacial score (nSPS) is 16.9. The van der Waals surface area contributed by atoms with Crippen molar-refractivity contribution in [2.24, 2.45) is 0 Å². The average Bonchev–Trinajstić information content (AvgIpc) is 2.47. The highest BCUT2D eigenvalue weighted by Gasteiger charge is 2.20. The molecule has 4 nitrogen and oxygen atoms in total. The van der Waals surface area contributed by atoms with E-state index in [2.05, 4.69) is 4.74 Å². The summed E-state index contributed by atoms with van der Waals surface area (Å²) in [7, 11) is 0. The molecule has 0 spiro atoms. The van der Waals surface area contributed by atoms with Crippen LogP contribution in [0.4, 0.5) is 0 Å². The van der Waals surface area contributed by atoms with E-state index in [9.17, 15) is 14.7 Å². The second-order valence-corrected chi connectivity index (χ2v) is 4.45. The zero-order valence-electron chi connectivity index (χ0n) is 11.3. The van der Waals surface area contributed by atoms with Gasteiger partial charge in [0, 0.05) is 11.1 Å². The summed E-state index contributed by atoms with van der Waals surface area (Å²) in [6.45, 7) is 1.85. The summed E-state index contributed by atoms with van der Waals surface area (Å²) in [6.07, 6.45) is 4.09. The van der Waals surface area contributed by atoms with Crippen molar-refractivity contribution in [3.63, 3.8) is 0 Å². The SMILES string of the molecule is CCOC(=O)/C(O)=C/C=C1\CCc2ccccc2C1=O. The Morgan fingerprint density at radius 2 is 2.10 bits per heavy atom. The Hall–Kier alpha value is -2.36. The number of rotatable bonds is 3. The number of fused-ring (bicyclic) bond motifs is 1. The maximum absolute atomic E-state index is 12.2. The van der Waals surface area contributed by atoms with E-state index in [0.29, 0.717) is 17.6 Å². The molecule has 2 rings (SSSR count). The highest BCUT2D eigenvalue weighted by molar-refractivity contribution is 6.10. The number of benzene rings is 1. The maximum atomic E-state index is 12.2. The van der Waals surface area contributed by atoms with E-state index in [1.54, 1.807) is 13.0 Å². The number of ether oxygens (including phenoxy) is 1. The molecule has 0 heterocycles. The van der Waals surface area contributed by atoms with Crippen molar-refractivity contribution in [2.45, 2.75) is 19.8 Å². The third-order valence-electron chi connectivity index (χ3n) is 3.14. The first-order chi connectivity index (χ1) is 9.63. The number of hydrogen-bond acceptors (Lipinski definition) is 4. The molecule has 1 aromatic rings. The van der Waals surface area contributed by atoms with Gasteiger partial charge in [-0.1, -0.05) is 30.3 Å². The van der Waals surface area contributed by atoms with Crippen LogP contribution in [0.25, 0.3) is 0 Å². The fourth-order valence-electron chi connectivity index (χ4n) is 2.13. The second-order valence-electron chi connectivity index (χ2n) is 4.45. The minimum absolute atomic E-state index is 0.0558. The number of carbonyl (C=O) groups excluding carboxylic acids is 2. The van der Waals surface area contributed by atoms with Gasteiger partial charge in [-0.05, 0) is 31.4 Å². The van der Waals surface area contributed by atoms with Crippen molar-refractivity contribution in [3.8, 4) is 0 Å². The molecule has 0 atom stereocenters. The van der Waals surface area contributed by atoms with Crippen molar-refractivity contribution in [1.29, 1.82) is 0 Å². The summed E-state index contributed by atoms with van der Waals surface area (Å²) >= 11 is 0. The third kappa shape index (κ3) is 2.96. The Bertz CT molecular complexity index is 596. The van der Waals surface area contributed by atoms with E-state index in [1.807, 2.05) is 18.2 Å². The number of aliphatic hydroxyl groups excluding tert-OH is 1. The van der Waals surface area contributed by atoms with Crippen LogP contribution in [-0.4, -0.2) is 23.5 Å². The molecule has 0 aromatic heterocycles. The van der Waals surface area contributed by atoms with E-state index < -0.39 is 11.7 Å². The number of aliphatic hydroxyl groups is 1. The molecular weight excluding hydrogens is 256 g/mol. The van der Waals surface area contributed by atoms with Gasteiger partial charge in [0.25, 0.3) is 0 Å². The summed E-state index contributed by atoms with van der Waals surface area (Å²) in [6, 6.07) is 7.47. The smallest absolute Gasteiger partial charge is 0.373 e. The number of ketones is 1. The monoisotopic (exact) mass is 272 g/mol. The van der Waals surface area contributed by atoms with E-state index in [1.165, 1.54) is 12.2 Å². The lowest BCUT2D eigenvalue weighted by molar-refractivity contribution is -0.141. The third-order valence-corrected chi connectivity index (χ3v) is 3.14. The first-order valence-corrected chi connectivity index (χ1v) is 6.53. The van der Waals surface area contributed by atoms with Crippen LogP contribution in [-0.2, 0) is 16.0 Å². The van der Waals surface area contributed by atoms with Gasteiger partial charge in [-0.2, -0.15) is 0 Å². The van der Waals surface area contributed by atoms with E-state index >= 15 is 0 Å². The van der Waals surface area contributed by atoms with Crippen LogP contribution in [0.15, 0.2) is 47.7 Å². The van der Waals surface area contributed by atoms with Crippen molar-refractivity contribution in [2.75, 3.05) is 6.61 Å². The minimum Gasteiger partial charge on any atom is -0.502 e. The Balaban J connectivity index is 2.19. The van der Waals surface area contributed by atoms with Crippen LogP contribution in [0, 0.1) is 0 Å². The molecule has 0 fully saturated rings. The molecule has 0 radical (unpaired) electrons. The molecular formula is C16H16O4. The predicted molar refractivity (Wildman–Crippen MR) is 74.5 cm³/mol. The molecule has 0 aliphatic heterocycles. The van der Waals surface area contributed by atoms with Gasteiger partial charge < -0.3 is 9.84 Å². The van der Waals surface area contributed by atoms with E-state index in [0.717, 1.165) is 12.0 Å². The molecule has 1 aliphatic carbocycles. The molecule has 1 aromatic carbocycles. The molecule has 0 saturated heterocycles. The number of esters is 1. The van der Waals surface area contributed by atoms with Crippen LogP contribution in [0.1, 0.15) is 29.3 Å². The predicted octanol–water partition coefficient (Wildman–Crippen LogP) is 2.75. The fourth-order valence-corrected chi connectivity index (χ4v) is 2.13. The highest BCUT2D eigenvalue weighted by Crippen LogP contribution is 2.24. The van der Waals surface area contributed by atoms with Gasteiger partial charge in [-0.25, -0.2) is 4.79 Å². The topological polar surface area (TPSA) is 63.6 Å². The number of Topliss-reactive ketones (excluding diaryl/α,β-unsaturated/α-hetero) is 1. The number of aryl methyl sites for hydroxylation is 1. The zero-order valence-corrected chi connectivity index (χ0v) is 11.3. The maximum Gasteiger partial charge on any atom is 0.373 e. The lowest BCUT2D eigenvalue weighted by atomic mass is 9.87. The average molecular weight is 272 g/mol. The van der Waals surface area contributed by atoms with Gasteiger partial charge in [0.1, 0.15) is 0 Å². The van der Waals surface area contributed by atoms with Crippen LogP contribution in [0.2, 0.25) is 0 Å². The molecule has 4 heteroatoms. The summed E-state index contributed by atoms with van der Waals surface area (Å²) < 4.78 is 4.66. The first-order valence-electron chi connectivity index (χ1n) is 6.53. The molecule has 20 heavy (non-hydrogen) atoms. The van der Waals surface area contributed by atoms with E-state index in [-0.39, 0.29) is 12.4 Å². The molecule has 1 aliphatic rings. The molecule has 0 unspecified atom stereocenters. The fraction of sp³-hybridized carbons (Fsp3) is 0.250. The van der Waals surface area contributed by atoms with Gasteiger partial charge >= 0.3 is 5.97 Å². The Morgan fingerprint density at radius 1 is 1.35 bits per heavy atom. The number of carbonyl (C=O) groups is 2. The van der Waals surface area contributed by atoms with Gasteiger partial charge in [0.05, 0.1) is 6.61 Å². The molecule has 0 saturated carbocycles. The summed E-state index contributed by atoms with van der Waals surface area (Å²) in [4.78, 5) is 23.5. The molecule has 1 N–H and O–H groups in total. The van der Waals surface area contributed by atoms with Gasteiger partial charge in [-0.15, -0.1) is 0 Å². The minimum atomic E-state index is -0.784. The largest absolute Gasteiger partial charge is 0.502 e. The summed E-state index contributed by atoms with van der Waals surface area (Å²) in [5, 5.41) is 9.49. The van der Waals surface area contributed by atoms with Crippen molar-refractivity contribution in [1.82, 2.24) is 0 Å². The number of hydrogen-bond donors (Lipinski definition) is 1. The highest BCUT2D eigenvalue weighted by atomic mass is 16.5. The van der Waals surface area contributed by atoms with Crippen LogP contribution in [0.3, 0.4) is 0 Å². The Kier molecular flexibility index (Phi) is 4.35. The van der Waals surface area contributed by atoms with Crippen molar-refractivity contribution < 1.29 is 19.4 Å². The summed E-state index contributed by atoms with van der Waals surface area (Å²) in [5.74, 6) is -1.33. The lowest BCUT2D eigenvalue weighted by Crippen LogP contribution is -2.14. The number of allylic oxidation sites excluding steroid dienone is 3. The lowest BCUT2D eigenvalue weighted by Gasteiger charge is -2.16. The van der Waals surface area contributed by atoms with Gasteiger partial charge in [-0.3, -0.25) is 4.79 Å². The van der Waals surface area contributed by atoms with Crippen molar-refractivity contribution >= 4 is 11.8 Å². The Labute approximate surface area is 117 Å².